The molecule has 0 bridgehead atoms. The summed E-state index contributed by atoms with van der Waals surface area (Å²) in [5.74, 6) is -2.05. The minimum atomic E-state index is -5.09. The molecule has 0 unspecified atom stereocenters. The zero-order valence-corrected chi connectivity index (χ0v) is 20.6. The highest BCUT2D eigenvalue weighted by atomic mass is 35.5. The highest BCUT2D eigenvalue weighted by Gasteiger charge is 2.38. The number of carbonyl (C=O) groups excluding carboxylic acids is 1. The Hall–Kier alpha value is -4.50. The van der Waals surface area contributed by atoms with Gasteiger partial charge in [-0.15, -0.1) is 0 Å². The Morgan fingerprint density at radius 1 is 1.24 bits per heavy atom. The van der Waals surface area contributed by atoms with Crippen molar-refractivity contribution in [1.29, 1.82) is 5.26 Å². The van der Waals surface area contributed by atoms with E-state index in [0.29, 0.717) is 5.56 Å². The van der Waals surface area contributed by atoms with Crippen molar-refractivity contribution in [2.45, 2.75) is 19.6 Å². The van der Waals surface area contributed by atoms with Crippen LogP contribution in [0.5, 0.6) is 5.75 Å². The topological polar surface area (TPSA) is 111 Å². The number of halogens is 5. The number of ether oxygens (including phenoxy) is 1. The summed E-state index contributed by atoms with van der Waals surface area (Å²) in [6.45, 7) is 1.55. The summed E-state index contributed by atoms with van der Waals surface area (Å²) in [4.78, 5) is 28.3. The van der Waals surface area contributed by atoms with Gasteiger partial charge in [0, 0.05) is 17.6 Å². The molecule has 8 nitrogen and oxygen atoms in total. The Kier molecular flexibility index (Phi) is 8.64. The van der Waals surface area contributed by atoms with Gasteiger partial charge in [-0.2, -0.15) is 23.5 Å². The molecule has 13 heteroatoms. The summed E-state index contributed by atoms with van der Waals surface area (Å²) in [6, 6.07) is 10.9. The van der Waals surface area contributed by atoms with E-state index in [1.165, 1.54) is 36.2 Å². The van der Waals surface area contributed by atoms with Crippen LogP contribution >= 0.6 is 11.6 Å². The molecule has 0 aliphatic rings. The lowest BCUT2D eigenvalue weighted by molar-refractivity contribution is -0.110. The summed E-state index contributed by atoms with van der Waals surface area (Å²) >= 11 is 5.84. The third-order valence-electron chi connectivity index (χ3n) is 4.90. The fourth-order valence-corrected chi connectivity index (χ4v) is 3.46. The normalized spacial score (nSPS) is 12.2. The predicted octanol–water partition coefficient (Wildman–Crippen LogP) is 4.92. The molecule has 0 spiro atoms. The molecule has 0 saturated heterocycles. The molecule has 0 atom stereocenters. The number of hydrogen-bond donors (Lipinski definition) is 1. The Bertz CT molecular complexity index is 1530. The van der Waals surface area contributed by atoms with E-state index in [4.69, 9.17) is 21.6 Å². The van der Waals surface area contributed by atoms with Crippen molar-refractivity contribution in [1.82, 2.24) is 15.1 Å². The molecule has 0 aliphatic heterocycles. The van der Waals surface area contributed by atoms with Crippen LogP contribution < -0.4 is 10.3 Å². The SMILES string of the molecule is Cc1ccc(-c2cc(CN(C)/C=N\C(=C(/C=O)Oc3cc(Cl)cc(C#N)c3)C(F)(F)F)n[nH]c2=O)c(F)c1. The minimum absolute atomic E-state index is 0.00725. The van der Waals surface area contributed by atoms with Crippen molar-refractivity contribution in [3.8, 4) is 22.9 Å². The summed E-state index contributed by atoms with van der Waals surface area (Å²) in [5, 5.41) is 15.1. The van der Waals surface area contributed by atoms with Crippen molar-refractivity contribution < 1.29 is 27.1 Å². The van der Waals surface area contributed by atoms with Gasteiger partial charge >= 0.3 is 6.18 Å². The van der Waals surface area contributed by atoms with Gasteiger partial charge in [-0.05, 0) is 42.8 Å². The van der Waals surface area contributed by atoms with E-state index in [-0.39, 0.29) is 46.0 Å². The molecule has 3 aromatic rings. The number of nitriles is 1. The fraction of sp³-hybridized carbons (Fsp3) is 0.160. The first-order valence-corrected chi connectivity index (χ1v) is 11.0. The largest absolute Gasteiger partial charge is 0.452 e. The average Bonchev–Trinajstić information content (AvgIpc) is 2.83. The van der Waals surface area contributed by atoms with Gasteiger partial charge in [-0.25, -0.2) is 14.5 Å². The number of H-pyrrole nitrogens is 1. The van der Waals surface area contributed by atoms with E-state index < -0.39 is 29.0 Å². The Morgan fingerprint density at radius 2 is 1.97 bits per heavy atom. The summed E-state index contributed by atoms with van der Waals surface area (Å²) in [7, 11) is 1.37. The second-order valence-corrected chi connectivity index (χ2v) is 8.40. The highest BCUT2D eigenvalue weighted by Crippen LogP contribution is 2.31. The molecule has 0 saturated carbocycles. The van der Waals surface area contributed by atoms with Gasteiger partial charge in [0.1, 0.15) is 11.6 Å². The average molecular weight is 548 g/mol. The van der Waals surface area contributed by atoms with E-state index in [2.05, 4.69) is 15.2 Å². The van der Waals surface area contributed by atoms with Crippen LogP contribution in [0.1, 0.15) is 16.8 Å². The van der Waals surface area contributed by atoms with Gasteiger partial charge in [0.05, 0.1) is 35.8 Å². The van der Waals surface area contributed by atoms with Crippen molar-refractivity contribution in [2.75, 3.05) is 7.05 Å². The number of allylic oxidation sites excluding steroid dienone is 2. The van der Waals surface area contributed by atoms with Crippen LogP contribution in [-0.4, -0.2) is 40.9 Å². The molecule has 196 valence electrons. The molecular formula is C25H18ClF4N5O3. The first-order chi connectivity index (χ1) is 17.9. The number of alkyl halides is 3. The lowest BCUT2D eigenvalue weighted by Gasteiger charge is -2.15. The number of aryl methyl sites for hydroxylation is 1. The Labute approximate surface area is 218 Å². The Morgan fingerprint density at radius 3 is 2.61 bits per heavy atom. The summed E-state index contributed by atoms with van der Waals surface area (Å²) in [5.41, 5.74) is -1.41. The number of aliphatic imine (C=N–C) groups is 1. The zero-order chi connectivity index (χ0) is 28.0. The molecule has 0 radical (unpaired) electrons. The molecule has 38 heavy (non-hydrogen) atoms. The van der Waals surface area contributed by atoms with Gasteiger partial charge in [0.25, 0.3) is 5.56 Å². The highest BCUT2D eigenvalue weighted by molar-refractivity contribution is 6.30. The monoisotopic (exact) mass is 547 g/mol. The van der Waals surface area contributed by atoms with E-state index >= 15 is 0 Å². The van der Waals surface area contributed by atoms with Crippen LogP contribution in [0, 0.1) is 24.1 Å². The number of aromatic nitrogens is 2. The summed E-state index contributed by atoms with van der Waals surface area (Å²) < 4.78 is 60.6. The number of nitrogens with one attached hydrogen (secondary N) is 1. The second kappa shape index (κ2) is 11.7. The van der Waals surface area contributed by atoms with Crippen LogP contribution in [0.3, 0.4) is 0 Å². The predicted molar refractivity (Wildman–Crippen MR) is 131 cm³/mol. The van der Waals surface area contributed by atoms with Gasteiger partial charge in [-0.3, -0.25) is 9.59 Å². The van der Waals surface area contributed by atoms with E-state index in [0.717, 1.165) is 18.5 Å². The number of rotatable bonds is 8. The van der Waals surface area contributed by atoms with Crippen LogP contribution in [0.25, 0.3) is 11.1 Å². The summed E-state index contributed by atoms with van der Waals surface area (Å²) in [6.07, 6.45) is -4.47. The molecule has 0 aliphatic carbocycles. The van der Waals surface area contributed by atoms with E-state index in [1.807, 2.05) is 0 Å². The lowest BCUT2D eigenvalue weighted by Crippen LogP contribution is -2.22. The number of aromatic amines is 1. The zero-order valence-electron chi connectivity index (χ0n) is 19.8. The van der Waals surface area contributed by atoms with Crippen LogP contribution in [0.4, 0.5) is 17.6 Å². The number of aldehydes is 1. The molecule has 0 amide bonds. The van der Waals surface area contributed by atoms with Gasteiger partial charge < -0.3 is 9.64 Å². The number of nitrogens with zero attached hydrogens (tertiary/aromatic N) is 4. The van der Waals surface area contributed by atoms with Crippen LogP contribution in [0.15, 0.2) is 63.7 Å². The number of benzene rings is 2. The maximum absolute atomic E-state index is 14.4. The van der Waals surface area contributed by atoms with E-state index in [9.17, 15) is 27.2 Å². The van der Waals surface area contributed by atoms with Crippen LogP contribution in [0.2, 0.25) is 5.02 Å². The van der Waals surface area contributed by atoms with Crippen molar-refractivity contribution >= 4 is 24.2 Å². The second-order valence-electron chi connectivity index (χ2n) is 7.96. The minimum Gasteiger partial charge on any atom is -0.452 e. The standard InChI is InChI=1S/C25H18ClF4N5O3/c1-14-3-4-19(21(27)5-14)20-9-17(33-34-24(20)37)11-35(2)13-32-23(25(28,29)30)22(12-36)38-18-7-15(10-31)6-16(26)8-18/h3-9,12-13H,11H2,1-2H3,(H,34,37)/b23-22+,32-13-. The molecular weight excluding hydrogens is 530 g/mol. The third kappa shape index (κ3) is 7.04. The van der Waals surface area contributed by atoms with E-state index in [1.54, 1.807) is 19.1 Å². The molecule has 2 aromatic carbocycles. The van der Waals surface area contributed by atoms with Crippen molar-refractivity contribution in [2.24, 2.45) is 4.99 Å². The fourth-order valence-electron chi connectivity index (χ4n) is 3.24. The van der Waals surface area contributed by atoms with Crippen LogP contribution in [-0.2, 0) is 11.3 Å². The molecule has 3 rings (SSSR count). The van der Waals surface area contributed by atoms with Gasteiger partial charge in [-0.1, -0.05) is 23.7 Å². The molecule has 1 aromatic heterocycles. The maximum atomic E-state index is 14.4. The molecule has 1 N–H and O–H groups in total. The smallest absolute Gasteiger partial charge is 0.437 e. The van der Waals surface area contributed by atoms with Gasteiger partial charge in [0.2, 0.25) is 0 Å². The van der Waals surface area contributed by atoms with Gasteiger partial charge in [0.15, 0.2) is 17.7 Å². The first-order valence-electron chi connectivity index (χ1n) is 10.7. The Balaban J connectivity index is 1.89. The van der Waals surface area contributed by atoms with Crippen molar-refractivity contribution in [3.05, 3.63) is 91.9 Å². The van der Waals surface area contributed by atoms with Crippen molar-refractivity contribution in [3.63, 3.8) is 0 Å². The quantitative estimate of drug-likeness (QED) is 0.107. The number of carbonyl (C=O) groups is 1. The first kappa shape index (κ1) is 28.1. The molecule has 1 heterocycles. The lowest BCUT2D eigenvalue weighted by atomic mass is 10.0. The molecule has 0 fully saturated rings. The maximum Gasteiger partial charge on any atom is 0.437 e. The third-order valence-corrected chi connectivity index (χ3v) is 5.12. The number of hydrogen-bond acceptors (Lipinski definition) is 6.